The highest BCUT2D eigenvalue weighted by Gasteiger charge is 2.07. The molecule has 112 valence electrons. The number of carbonyl (C=O) groups is 1. The zero-order valence-electron chi connectivity index (χ0n) is 12.1. The summed E-state index contributed by atoms with van der Waals surface area (Å²) in [4.78, 5) is 16.3. The first kappa shape index (κ1) is 17.0. The Hall–Kier alpha value is -2.07. The molecule has 0 unspecified atom stereocenters. The Morgan fingerprint density at radius 1 is 1.19 bits per heavy atom. The molecule has 0 aliphatic rings. The number of benzene rings is 1. The summed E-state index contributed by atoms with van der Waals surface area (Å²) in [7, 11) is 0. The number of pyridine rings is 1. The molecule has 0 atom stereocenters. The van der Waals surface area contributed by atoms with Gasteiger partial charge in [-0.15, -0.1) is 12.4 Å². The van der Waals surface area contributed by atoms with Crippen LogP contribution in [-0.2, 0) is 0 Å². The smallest absolute Gasteiger partial charge is 0.256 e. The molecule has 1 heterocycles. The van der Waals surface area contributed by atoms with Crippen LogP contribution in [0.3, 0.4) is 0 Å². The maximum Gasteiger partial charge on any atom is 0.256 e. The van der Waals surface area contributed by atoms with Gasteiger partial charge in [-0.3, -0.25) is 4.79 Å². The van der Waals surface area contributed by atoms with E-state index in [2.05, 4.69) is 17.2 Å². The Balaban J connectivity index is 0.00000220. The molecule has 0 radical (unpaired) electrons. The quantitative estimate of drug-likeness (QED) is 0.912. The fourth-order valence-corrected chi connectivity index (χ4v) is 1.72. The van der Waals surface area contributed by atoms with Crippen LogP contribution in [-0.4, -0.2) is 17.5 Å². The van der Waals surface area contributed by atoms with Gasteiger partial charge < -0.3 is 10.1 Å². The lowest BCUT2D eigenvalue weighted by atomic mass is 10.2. The van der Waals surface area contributed by atoms with Crippen molar-refractivity contribution in [3.63, 3.8) is 0 Å². The van der Waals surface area contributed by atoms with Gasteiger partial charge in [0.2, 0.25) is 0 Å². The lowest BCUT2D eigenvalue weighted by molar-refractivity contribution is 0.102. The van der Waals surface area contributed by atoms with Crippen molar-refractivity contribution in [2.24, 2.45) is 0 Å². The maximum absolute atomic E-state index is 12.1. The van der Waals surface area contributed by atoms with Crippen molar-refractivity contribution in [1.82, 2.24) is 4.98 Å². The molecule has 1 amide bonds. The molecule has 0 aliphatic heterocycles. The van der Waals surface area contributed by atoms with Crippen molar-refractivity contribution < 1.29 is 9.53 Å². The van der Waals surface area contributed by atoms with E-state index in [0.29, 0.717) is 18.0 Å². The van der Waals surface area contributed by atoms with Gasteiger partial charge in [0.25, 0.3) is 5.91 Å². The van der Waals surface area contributed by atoms with Gasteiger partial charge in [0.15, 0.2) is 0 Å². The molecule has 0 saturated carbocycles. The van der Waals surface area contributed by atoms with E-state index in [1.807, 2.05) is 19.1 Å². The van der Waals surface area contributed by atoms with Gasteiger partial charge in [0.05, 0.1) is 6.61 Å². The summed E-state index contributed by atoms with van der Waals surface area (Å²) in [5.74, 6) is 1.16. The molecule has 4 nitrogen and oxygen atoms in total. The van der Waals surface area contributed by atoms with Gasteiger partial charge in [0.1, 0.15) is 11.6 Å². The van der Waals surface area contributed by atoms with Crippen LogP contribution in [0.25, 0.3) is 0 Å². The molecule has 0 aliphatic carbocycles. The number of amides is 1. The fraction of sp³-hybridized carbons (Fsp3) is 0.250. The molecular weight excluding hydrogens is 288 g/mol. The second-order valence-electron chi connectivity index (χ2n) is 4.49. The average molecular weight is 307 g/mol. The van der Waals surface area contributed by atoms with Crippen LogP contribution in [0, 0.1) is 6.92 Å². The third kappa shape index (κ3) is 5.08. The van der Waals surface area contributed by atoms with Gasteiger partial charge in [-0.2, -0.15) is 0 Å². The summed E-state index contributed by atoms with van der Waals surface area (Å²) in [6, 6.07) is 12.6. The second kappa shape index (κ2) is 8.27. The minimum Gasteiger partial charge on any atom is -0.494 e. The van der Waals surface area contributed by atoms with Crippen molar-refractivity contribution in [3.8, 4) is 5.75 Å². The molecule has 21 heavy (non-hydrogen) atoms. The van der Waals surface area contributed by atoms with Crippen molar-refractivity contribution >= 4 is 24.1 Å². The van der Waals surface area contributed by atoms with Gasteiger partial charge >= 0.3 is 0 Å². The molecule has 0 bridgehead atoms. The highest BCUT2D eigenvalue weighted by molar-refractivity contribution is 6.03. The van der Waals surface area contributed by atoms with E-state index < -0.39 is 0 Å². The number of anilines is 1. The van der Waals surface area contributed by atoms with E-state index in [1.54, 1.807) is 30.3 Å². The van der Waals surface area contributed by atoms with E-state index in [0.717, 1.165) is 17.9 Å². The first-order valence-electron chi connectivity index (χ1n) is 6.67. The number of nitrogens with one attached hydrogen (secondary N) is 1. The van der Waals surface area contributed by atoms with E-state index in [-0.39, 0.29) is 18.3 Å². The number of aryl methyl sites for hydroxylation is 1. The third-order valence-electron chi connectivity index (χ3n) is 2.72. The summed E-state index contributed by atoms with van der Waals surface area (Å²) in [5.41, 5.74) is 1.45. The van der Waals surface area contributed by atoms with Crippen LogP contribution in [0.15, 0.2) is 42.5 Å². The van der Waals surface area contributed by atoms with E-state index in [9.17, 15) is 4.79 Å². The molecule has 1 aromatic carbocycles. The Bertz CT molecular complexity index is 585. The predicted molar refractivity (Wildman–Crippen MR) is 86.4 cm³/mol. The van der Waals surface area contributed by atoms with E-state index in [4.69, 9.17) is 4.74 Å². The van der Waals surface area contributed by atoms with Crippen molar-refractivity contribution in [2.45, 2.75) is 20.3 Å². The number of halogens is 1. The lowest BCUT2D eigenvalue weighted by Gasteiger charge is -2.07. The van der Waals surface area contributed by atoms with E-state index in [1.165, 1.54) is 0 Å². The largest absolute Gasteiger partial charge is 0.494 e. The number of ether oxygens (including phenoxy) is 1. The summed E-state index contributed by atoms with van der Waals surface area (Å²) >= 11 is 0. The minimum absolute atomic E-state index is 0. The molecule has 0 saturated heterocycles. The fourth-order valence-electron chi connectivity index (χ4n) is 1.72. The molecule has 2 aromatic rings. The van der Waals surface area contributed by atoms with Crippen molar-refractivity contribution in [3.05, 3.63) is 53.7 Å². The minimum atomic E-state index is -0.176. The second-order valence-corrected chi connectivity index (χ2v) is 4.49. The first-order valence-corrected chi connectivity index (χ1v) is 6.67. The third-order valence-corrected chi connectivity index (χ3v) is 2.72. The normalized spacial score (nSPS) is 9.62. The van der Waals surface area contributed by atoms with Crippen molar-refractivity contribution in [1.29, 1.82) is 0 Å². The Kier molecular flexibility index (Phi) is 6.69. The Morgan fingerprint density at radius 3 is 2.52 bits per heavy atom. The van der Waals surface area contributed by atoms with Gasteiger partial charge in [0, 0.05) is 11.3 Å². The van der Waals surface area contributed by atoms with Crippen LogP contribution in [0.5, 0.6) is 5.75 Å². The van der Waals surface area contributed by atoms with Crippen LogP contribution in [0.2, 0.25) is 0 Å². The van der Waals surface area contributed by atoms with Crippen LogP contribution in [0.1, 0.15) is 29.4 Å². The number of rotatable bonds is 5. The Labute approximate surface area is 131 Å². The summed E-state index contributed by atoms with van der Waals surface area (Å²) < 4.78 is 5.48. The number of hydrogen-bond acceptors (Lipinski definition) is 3. The molecule has 0 spiro atoms. The molecule has 1 aromatic heterocycles. The summed E-state index contributed by atoms with van der Waals surface area (Å²) in [6.07, 6.45) is 0.960. The van der Waals surface area contributed by atoms with Gasteiger partial charge in [-0.25, -0.2) is 4.98 Å². The van der Waals surface area contributed by atoms with Crippen LogP contribution < -0.4 is 10.1 Å². The first-order chi connectivity index (χ1) is 9.69. The number of aromatic nitrogens is 1. The predicted octanol–water partition coefficient (Wildman–Crippen LogP) is 3.85. The van der Waals surface area contributed by atoms with Crippen LogP contribution in [0.4, 0.5) is 5.82 Å². The molecule has 0 fully saturated rings. The number of hydrogen-bond donors (Lipinski definition) is 1. The number of nitrogens with zero attached hydrogens (tertiary/aromatic N) is 1. The Morgan fingerprint density at radius 2 is 1.90 bits per heavy atom. The summed E-state index contributed by atoms with van der Waals surface area (Å²) in [5, 5.41) is 2.77. The SMILES string of the molecule is CCCOc1ccc(C(=O)Nc2cccc(C)n2)cc1.Cl. The average Bonchev–Trinajstić information content (AvgIpc) is 2.45. The topological polar surface area (TPSA) is 51.2 Å². The van der Waals surface area contributed by atoms with Gasteiger partial charge in [-0.05, 0) is 49.7 Å². The molecule has 5 heteroatoms. The highest BCUT2D eigenvalue weighted by atomic mass is 35.5. The monoisotopic (exact) mass is 306 g/mol. The van der Waals surface area contributed by atoms with Gasteiger partial charge in [-0.1, -0.05) is 13.0 Å². The number of carbonyl (C=O) groups excluding carboxylic acids is 1. The zero-order valence-corrected chi connectivity index (χ0v) is 12.9. The zero-order chi connectivity index (χ0) is 14.4. The van der Waals surface area contributed by atoms with Crippen LogP contribution >= 0.6 is 12.4 Å². The lowest BCUT2D eigenvalue weighted by Crippen LogP contribution is -2.13. The van der Waals surface area contributed by atoms with Crippen molar-refractivity contribution in [2.75, 3.05) is 11.9 Å². The molecular formula is C16H19ClN2O2. The maximum atomic E-state index is 12.1. The molecule has 1 N–H and O–H groups in total. The molecule has 2 rings (SSSR count). The summed E-state index contributed by atoms with van der Waals surface area (Å²) in [6.45, 7) is 4.62. The highest BCUT2D eigenvalue weighted by Crippen LogP contribution is 2.14. The van der Waals surface area contributed by atoms with E-state index >= 15 is 0 Å². The standard InChI is InChI=1S/C16H18N2O2.ClH/c1-3-11-20-14-9-7-13(8-10-14)16(19)18-15-6-4-5-12(2)17-15;/h4-10H,3,11H2,1-2H3,(H,17,18,19);1H.